The smallest absolute Gasteiger partial charge is 0.226 e. The Labute approximate surface area is 136 Å². The van der Waals surface area contributed by atoms with Gasteiger partial charge in [0.2, 0.25) is 5.91 Å². The highest BCUT2D eigenvalue weighted by Crippen LogP contribution is 2.20. The maximum absolute atomic E-state index is 12.0. The first-order valence-electron chi connectivity index (χ1n) is 7.33. The van der Waals surface area contributed by atoms with Crippen LogP contribution >= 0.6 is 11.6 Å². The number of anilines is 2. The maximum atomic E-state index is 12.0. The van der Waals surface area contributed by atoms with Gasteiger partial charge in [0.15, 0.2) is 0 Å². The Kier molecular flexibility index (Phi) is 5.45. The van der Waals surface area contributed by atoms with Crippen molar-refractivity contribution < 1.29 is 4.79 Å². The fraction of sp³-hybridized carbons (Fsp3) is 0.278. The molecule has 1 amide bonds. The standard InChI is InChI=1S/C18H21ClN2O/c1-12-5-4-6-16(14(12)3)20-10-9-18(22)21-17-11-15(19)8-7-13(17)2/h4-8,11,20H,9-10H2,1-3H3,(H,21,22). The Balaban J connectivity index is 1.88. The second kappa shape index (κ2) is 7.32. The van der Waals surface area contributed by atoms with E-state index in [2.05, 4.69) is 30.5 Å². The third-order valence-corrected chi connectivity index (χ3v) is 3.98. The summed E-state index contributed by atoms with van der Waals surface area (Å²) in [4.78, 5) is 12.0. The highest BCUT2D eigenvalue weighted by Gasteiger charge is 2.06. The van der Waals surface area contributed by atoms with E-state index in [4.69, 9.17) is 11.6 Å². The van der Waals surface area contributed by atoms with Crippen LogP contribution in [0.15, 0.2) is 36.4 Å². The number of amides is 1. The number of rotatable bonds is 5. The van der Waals surface area contributed by atoms with Crippen LogP contribution in [-0.4, -0.2) is 12.5 Å². The summed E-state index contributed by atoms with van der Waals surface area (Å²) in [5.41, 5.74) is 5.30. The Morgan fingerprint density at radius 1 is 1.05 bits per heavy atom. The SMILES string of the molecule is Cc1ccc(Cl)cc1NC(=O)CCNc1cccc(C)c1C. The van der Waals surface area contributed by atoms with E-state index in [9.17, 15) is 4.79 Å². The molecule has 22 heavy (non-hydrogen) atoms. The number of carbonyl (C=O) groups excluding carboxylic acids is 1. The molecule has 0 unspecified atom stereocenters. The quantitative estimate of drug-likeness (QED) is 0.839. The van der Waals surface area contributed by atoms with E-state index in [0.29, 0.717) is 18.0 Å². The first-order valence-corrected chi connectivity index (χ1v) is 7.71. The van der Waals surface area contributed by atoms with Gasteiger partial charge >= 0.3 is 0 Å². The van der Waals surface area contributed by atoms with Crippen LogP contribution in [0.5, 0.6) is 0 Å². The van der Waals surface area contributed by atoms with Gasteiger partial charge in [-0.3, -0.25) is 4.79 Å². The van der Waals surface area contributed by atoms with Gasteiger partial charge in [0, 0.05) is 29.4 Å². The summed E-state index contributed by atoms with van der Waals surface area (Å²) < 4.78 is 0. The minimum absolute atomic E-state index is 0.0248. The van der Waals surface area contributed by atoms with Gasteiger partial charge in [-0.15, -0.1) is 0 Å². The highest BCUT2D eigenvalue weighted by atomic mass is 35.5. The number of aryl methyl sites for hydroxylation is 2. The van der Waals surface area contributed by atoms with Crippen molar-refractivity contribution in [1.82, 2.24) is 0 Å². The van der Waals surface area contributed by atoms with Crippen molar-refractivity contribution in [3.05, 3.63) is 58.1 Å². The second-order valence-electron chi connectivity index (χ2n) is 5.43. The molecule has 2 rings (SSSR count). The van der Waals surface area contributed by atoms with Gasteiger partial charge in [0.05, 0.1) is 0 Å². The van der Waals surface area contributed by atoms with Crippen LogP contribution in [0, 0.1) is 20.8 Å². The summed E-state index contributed by atoms with van der Waals surface area (Å²) >= 11 is 5.95. The zero-order valence-corrected chi connectivity index (χ0v) is 13.9. The molecule has 3 nitrogen and oxygen atoms in total. The lowest BCUT2D eigenvalue weighted by atomic mass is 10.1. The fourth-order valence-electron chi connectivity index (χ4n) is 2.19. The molecule has 0 aliphatic heterocycles. The predicted octanol–water partition coefficient (Wildman–Crippen LogP) is 4.71. The minimum atomic E-state index is -0.0248. The van der Waals surface area contributed by atoms with E-state index < -0.39 is 0 Å². The van der Waals surface area contributed by atoms with Crippen LogP contribution < -0.4 is 10.6 Å². The Morgan fingerprint density at radius 3 is 2.59 bits per heavy atom. The number of carbonyl (C=O) groups is 1. The fourth-order valence-corrected chi connectivity index (χ4v) is 2.37. The number of hydrogen-bond donors (Lipinski definition) is 2. The van der Waals surface area contributed by atoms with Crippen molar-refractivity contribution in [2.75, 3.05) is 17.2 Å². The van der Waals surface area contributed by atoms with E-state index in [-0.39, 0.29) is 5.91 Å². The average molecular weight is 317 g/mol. The van der Waals surface area contributed by atoms with E-state index in [1.54, 1.807) is 6.07 Å². The van der Waals surface area contributed by atoms with Crippen molar-refractivity contribution in [3.8, 4) is 0 Å². The van der Waals surface area contributed by atoms with Gasteiger partial charge in [-0.25, -0.2) is 0 Å². The van der Waals surface area contributed by atoms with Gasteiger partial charge in [-0.1, -0.05) is 29.8 Å². The zero-order chi connectivity index (χ0) is 16.1. The summed E-state index contributed by atoms with van der Waals surface area (Å²) in [5, 5.41) is 6.83. The number of nitrogens with one attached hydrogen (secondary N) is 2. The Bertz CT molecular complexity index is 683. The van der Waals surface area contributed by atoms with E-state index in [1.165, 1.54) is 11.1 Å². The number of hydrogen-bond acceptors (Lipinski definition) is 2. The third-order valence-electron chi connectivity index (χ3n) is 3.75. The molecular formula is C18H21ClN2O. The molecular weight excluding hydrogens is 296 g/mol. The largest absolute Gasteiger partial charge is 0.384 e. The molecule has 2 aromatic rings. The van der Waals surface area contributed by atoms with Gasteiger partial charge in [-0.05, 0) is 55.7 Å². The molecule has 0 aliphatic rings. The van der Waals surface area contributed by atoms with Crippen LogP contribution in [-0.2, 0) is 4.79 Å². The minimum Gasteiger partial charge on any atom is -0.384 e. The topological polar surface area (TPSA) is 41.1 Å². The van der Waals surface area contributed by atoms with Gasteiger partial charge in [0.25, 0.3) is 0 Å². The van der Waals surface area contributed by atoms with Crippen molar-refractivity contribution in [1.29, 1.82) is 0 Å². The van der Waals surface area contributed by atoms with Crippen LogP contribution in [0.1, 0.15) is 23.1 Å². The van der Waals surface area contributed by atoms with Crippen LogP contribution in [0.25, 0.3) is 0 Å². The molecule has 0 radical (unpaired) electrons. The molecule has 2 N–H and O–H groups in total. The Hall–Kier alpha value is -2.00. The van der Waals surface area contributed by atoms with E-state index in [1.807, 2.05) is 31.2 Å². The van der Waals surface area contributed by atoms with Gasteiger partial charge in [0.1, 0.15) is 0 Å². The maximum Gasteiger partial charge on any atom is 0.226 e. The van der Waals surface area contributed by atoms with Gasteiger partial charge < -0.3 is 10.6 Å². The van der Waals surface area contributed by atoms with Crippen molar-refractivity contribution in [2.24, 2.45) is 0 Å². The van der Waals surface area contributed by atoms with Crippen molar-refractivity contribution in [2.45, 2.75) is 27.2 Å². The lowest BCUT2D eigenvalue weighted by Crippen LogP contribution is -2.17. The van der Waals surface area contributed by atoms with Crippen molar-refractivity contribution in [3.63, 3.8) is 0 Å². The average Bonchev–Trinajstić information content (AvgIpc) is 2.47. The monoisotopic (exact) mass is 316 g/mol. The summed E-state index contributed by atoms with van der Waals surface area (Å²) in [7, 11) is 0. The number of halogens is 1. The Morgan fingerprint density at radius 2 is 1.82 bits per heavy atom. The van der Waals surface area contributed by atoms with Gasteiger partial charge in [-0.2, -0.15) is 0 Å². The molecule has 0 atom stereocenters. The number of benzene rings is 2. The molecule has 4 heteroatoms. The van der Waals surface area contributed by atoms with Crippen LogP contribution in [0.4, 0.5) is 11.4 Å². The molecule has 116 valence electrons. The van der Waals surface area contributed by atoms with E-state index in [0.717, 1.165) is 16.9 Å². The summed E-state index contributed by atoms with van der Waals surface area (Å²) in [6.45, 7) is 6.69. The van der Waals surface area contributed by atoms with E-state index >= 15 is 0 Å². The lowest BCUT2D eigenvalue weighted by Gasteiger charge is -2.12. The highest BCUT2D eigenvalue weighted by molar-refractivity contribution is 6.31. The lowest BCUT2D eigenvalue weighted by molar-refractivity contribution is -0.115. The molecule has 0 bridgehead atoms. The normalized spacial score (nSPS) is 10.4. The molecule has 0 heterocycles. The summed E-state index contributed by atoms with van der Waals surface area (Å²) in [6, 6.07) is 11.6. The first kappa shape index (κ1) is 16.4. The molecule has 0 saturated heterocycles. The second-order valence-corrected chi connectivity index (χ2v) is 5.87. The van der Waals surface area contributed by atoms with Crippen molar-refractivity contribution >= 4 is 28.9 Å². The molecule has 0 aromatic heterocycles. The summed E-state index contributed by atoms with van der Waals surface area (Å²) in [5.74, 6) is -0.0248. The molecule has 0 saturated carbocycles. The summed E-state index contributed by atoms with van der Waals surface area (Å²) in [6.07, 6.45) is 0.402. The zero-order valence-electron chi connectivity index (χ0n) is 13.2. The van der Waals surface area contributed by atoms with Crippen LogP contribution in [0.2, 0.25) is 5.02 Å². The molecule has 0 aliphatic carbocycles. The van der Waals surface area contributed by atoms with Crippen LogP contribution in [0.3, 0.4) is 0 Å². The first-order chi connectivity index (χ1) is 10.5. The molecule has 0 fully saturated rings. The molecule has 0 spiro atoms. The predicted molar refractivity (Wildman–Crippen MR) is 93.8 cm³/mol. The molecule has 2 aromatic carbocycles. The third kappa shape index (κ3) is 4.25.